The van der Waals surface area contributed by atoms with Gasteiger partial charge in [-0.2, -0.15) is 0 Å². The van der Waals surface area contributed by atoms with E-state index in [9.17, 15) is 19.3 Å². The minimum absolute atomic E-state index is 0.0513. The van der Waals surface area contributed by atoms with Gasteiger partial charge in [0.15, 0.2) is 17.7 Å². The lowest BCUT2D eigenvalue weighted by molar-refractivity contribution is -0.384. The van der Waals surface area contributed by atoms with Gasteiger partial charge >= 0.3 is 0 Å². The summed E-state index contributed by atoms with van der Waals surface area (Å²) in [6.45, 7) is 1.69. The zero-order chi connectivity index (χ0) is 17.7. The Morgan fingerprint density at radius 3 is 2.71 bits per heavy atom. The number of amides is 1. The number of halogens is 2. The van der Waals surface area contributed by atoms with Crippen molar-refractivity contribution in [2.75, 3.05) is 5.32 Å². The van der Waals surface area contributed by atoms with Gasteiger partial charge < -0.3 is 10.1 Å². The van der Waals surface area contributed by atoms with Gasteiger partial charge in [-0.25, -0.2) is 4.39 Å². The van der Waals surface area contributed by atoms with Crippen molar-refractivity contribution in [1.29, 1.82) is 0 Å². The third-order valence-corrected chi connectivity index (χ3v) is 3.52. The van der Waals surface area contributed by atoms with Crippen molar-refractivity contribution in [2.24, 2.45) is 0 Å². The van der Waals surface area contributed by atoms with Crippen LogP contribution in [0.1, 0.15) is 13.3 Å². The van der Waals surface area contributed by atoms with E-state index in [0.29, 0.717) is 0 Å². The first-order chi connectivity index (χ1) is 11.4. The Kier molecular flexibility index (Phi) is 5.70. The summed E-state index contributed by atoms with van der Waals surface area (Å²) in [7, 11) is 0. The predicted octanol–water partition coefficient (Wildman–Crippen LogP) is 4.18. The van der Waals surface area contributed by atoms with Gasteiger partial charge in [0.1, 0.15) is 0 Å². The third-order valence-electron chi connectivity index (χ3n) is 3.19. The molecule has 0 radical (unpaired) electrons. The molecule has 8 heteroatoms. The van der Waals surface area contributed by atoms with Crippen LogP contribution >= 0.6 is 11.6 Å². The SMILES string of the molecule is CC[C@@H](Oc1ccccc1F)C(=O)Nc1cc([N+](=O)[O-])ccc1Cl. The summed E-state index contributed by atoms with van der Waals surface area (Å²) in [5, 5.41) is 13.4. The van der Waals surface area contributed by atoms with Gasteiger partial charge in [0.25, 0.3) is 11.6 Å². The molecule has 126 valence electrons. The fourth-order valence-corrected chi connectivity index (χ4v) is 2.12. The molecule has 1 N–H and O–H groups in total. The number of para-hydroxylation sites is 1. The van der Waals surface area contributed by atoms with Crippen LogP contribution in [0.2, 0.25) is 5.02 Å². The maximum atomic E-state index is 13.6. The minimum Gasteiger partial charge on any atom is -0.478 e. The van der Waals surface area contributed by atoms with Gasteiger partial charge in [0, 0.05) is 12.1 Å². The number of nitro groups is 1. The first kappa shape index (κ1) is 17.7. The van der Waals surface area contributed by atoms with Gasteiger partial charge in [0.2, 0.25) is 0 Å². The molecule has 2 aromatic carbocycles. The summed E-state index contributed by atoms with van der Waals surface area (Å²) in [5.41, 5.74) is -0.121. The summed E-state index contributed by atoms with van der Waals surface area (Å²) in [4.78, 5) is 22.5. The van der Waals surface area contributed by atoms with Crippen molar-refractivity contribution in [3.8, 4) is 5.75 Å². The van der Waals surface area contributed by atoms with Crippen LogP contribution in [0.4, 0.5) is 15.8 Å². The van der Waals surface area contributed by atoms with Gasteiger partial charge in [-0.1, -0.05) is 30.7 Å². The average molecular weight is 353 g/mol. The molecule has 24 heavy (non-hydrogen) atoms. The molecule has 0 spiro atoms. The van der Waals surface area contributed by atoms with E-state index in [4.69, 9.17) is 16.3 Å². The van der Waals surface area contributed by atoms with Crippen LogP contribution in [0, 0.1) is 15.9 Å². The summed E-state index contributed by atoms with van der Waals surface area (Å²) >= 11 is 5.94. The molecule has 0 aromatic heterocycles. The van der Waals surface area contributed by atoms with Crippen molar-refractivity contribution in [1.82, 2.24) is 0 Å². The normalized spacial score (nSPS) is 11.6. The number of benzene rings is 2. The van der Waals surface area contributed by atoms with Crippen LogP contribution in [0.25, 0.3) is 0 Å². The molecule has 0 aliphatic heterocycles. The molecule has 0 unspecified atom stereocenters. The number of ether oxygens (including phenoxy) is 1. The number of non-ortho nitro benzene ring substituents is 1. The van der Waals surface area contributed by atoms with E-state index in [1.54, 1.807) is 13.0 Å². The summed E-state index contributed by atoms with van der Waals surface area (Å²) < 4.78 is 19.0. The van der Waals surface area contributed by atoms with E-state index < -0.39 is 22.8 Å². The fraction of sp³-hybridized carbons (Fsp3) is 0.188. The maximum Gasteiger partial charge on any atom is 0.271 e. The molecular weight excluding hydrogens is 339 g/mol. The number of hydrogen-bond donors (Lipinski definition) is 1. The largest absolute Gasteiger partial charge is 0.478 e. The van der Waals surface area contributed by atoms with E-state index in [1.165, 1.54) is 30.3 Å². The van der Waals surface area contributed by atoms with Crippen molar-refractivity contribution in [3.63, 3.8) is 0 Å². The molecule has 0 aliphatic rings. The van der Waals surface area contributed by atoms with E-state index >= 15 is 0 Å². The molecule has 2 aromatic rings. The second-order valence-corrected chi connectivity index (χ2v) is 5.26. The highest BCUT2D eigenvalue weighted by Crippen LogP contribution is 2.27. The minimum atomic E-state index is -0.975. The Morgan fingerprint density at radius 1 is 1.38 bits per heavy atom. The number of anilines is 1. The second kappa shape index (κ2) is 7.74. The Hall–Kier alpha value is -2.67. The standard InChI is InChI=1S/C16H14ClFN2O4/c1-2-14(24-15-6-4-3-5-12(15)18)16(21)19-13-9-10(20(22)23)7-8-11(13)17/h3-9,14H,2H2,1H3,(H,19,21)/t14-/m1/s1. The lowest BCUT2D eigenvalue weighted by Crippen LogP contribution is -2.32. The van der Waals surface area contributed by atoms with E-state index in [0.717, 1.165) is 6.07 Å². The van der Waals surface area contributed by atoms with Crippen LogP contribution in [-0.2, 0) is 4.79 Å². The Morgan fingerprint density at radius 2 is 2.08 bits per heavy atom. The fourth-order valence-electron chi connectivity index (χ4n) is 1.95. The van der Waals surface area contributed by atoms with E-state index in [2.05, 4.69) is 5.32 Å². The van der Waals surface area contributed by atoms with Gasteiger partial charge in [0.05, 0.1) is 15.6 Å². The lowest BCUT2D eigenvalue weighted by Gasteiger charge is -2.18. The number of carbonyl (C=O) groups excluding carboxylic acids is 1. The molecule has 1 amide bonds. The number of nitrogens with zero attached hydrogens (tertiary/aromatic N) is 1. The zero-order valence-electron chi connectivity index (χ0n) is 12.7. The molecule has 0 saturated heterocycles. The highest BCUT2D eigenvalue weighted by Gasteiger charge is 2.21. The molecule has 2 rings (SSSR count). The number of rotatable bonds is 6. The van der Waals surface area contributed by atoms with Crippen LogP contribution in [0.5, 0.6) is 5.75 Å². The van der Waals surface area contributed by atoms with Crippen LogP contribution in [0.3, 0.4) is 0 Å². The van der Waals surface area contributed by atoms with E-state index in [1.807, 2.05) is 0 Å². The molecule has 0 aliphatic carbocycles. The molecule has 0 heterocycles. The quantitative estimate of drug-likeness (QED) is 0.624. The monoisotopic (exact) mass is 352 g/mol. The first-order valence-corrected chi connectivity index (χ1v) is 7.46. The zero-order valence-corrected chi connectivity index (χ0v) is 13.4. The topological polar surface area (TPSA) is 81.5 Å². The van der Waals surface area contributed by atoms with Crippen LogP contribution in [-0.4, -0.2) is 16.9 Å². The van der Waals surface area contributed by atoms with E-state index in [-0.39, 0.29) is 28.6 Å². The first-order valence-electron chi connectivity index (χ1n) is 7.08. The Labute approximate surface area is 142 Å². The van der Waals surface area contributed by atoms with Gasteiger partial charge in [-0.3, -0.25) is 14.9 Å². The van der Waals surface area contributed by atoms with Crippen molar-refractivity contribution < 1.29 is 18.8 Å². The van der Waals surface area contributed by atoms with Crippen LogP contribution < -0.4 is 10.1 Å². The lowest BCUT2D eigenvalue weighted by atomic mass is 10.2. The molecule has 0 bridgehead atoms. The number of carbonyl (C=O) groups is 1. The maximum absolute atomic E-state index is 13.6. The molecule has 0 saturated carbocycles. The van der Waals surface area contributed by atoms with Gasteiger partial charge in [-0.15, -0.1) is 0 Å². The Balaban J connectivity index is 2.16. The number of hydrogen-bond acceptors (Lipinski definition) is 4. The number of nitrogens with one attached hydrogen (secondary N) is 1. The molecule has 6 nitrogen and oxygen atoms in total. The molecular formula is C16H14ClFN2O4. The summed E-state index contributed by atoms with van der Waals surface area (Å²) in [6, 6.07) is 9.41. The highest BCUT2D eigenvalue weighted by molar-refractivity contribution is 6.33. The van der Waals surface area contributed by atoms with Crippen molar-refractivity contribution >= 4 is 28.9 Å². The van der Waals surface area contributed by atoms with Gasteiger partial charge in [-0.05, 0) is 24.6 Å². The van der Waals surface area contributed by atoms with Crippen molar-refractivity contribution in [2.45, 2.75) is 19.4 Å². The van der Waals surface area contributed by atoms with Crippen molar-refractivity contribution in [3.05, 3.63) is 63.4 Å². The Bertz CT molecular complexity index is 769. The highest BCUT2D eigenvalue weighted by atomic mass is 35.5. The molecule has 1 atom stereocenters. The molecule has 0 fully saturated rings. The second-order valence-electron chi connectivity index (χ2n) is 4.86. The smallest absolute Gasteiger partial charge is 0.271 e. The summed E-state index contributed by atoms with van der Waals surface area (Å²) in [5.74, 6) is -1.22. The number of nitro benzene ring substituents is 1. The summed E-state index contributed by atoms with van der Waals surface area (Å²) in [6.07, 6.45) is -0.704. The van der Waals surface area contributed by atoms with Crippen LogP contribution in [0.15, 0.2) is 42.5 Å². The average Bonchev–Trinajstić information content (AvgIpc) is 2.55. The third kappa shape index (κ3) is 4.20. The predicted molar refractivity (Wildman–Crippen MR) is 87.8 cm³/mol.